The Morgan fingerprint density at radius 1 is 1.11 bits per heavy atom. The van der Waals surface area contributed by atoms with E-state index in [1.54, 1.807) is 24.3 Å². The highest BCUT2D eigenvalue weighted by Gasteiger charge is 2.44. The van der Waals surface area contributed by atoms with Crippen molar-refractivity contribution in [2.75, 3.05) is 7.05 Å². The minimum absolute atomic E-state index is 0.0931. The van der Waals surface area contributed by atoms with Crippen molar-refractivity contribution in [1.29, 1.82) is 0 Å². The van der Waals surface area contributed by atoms with Crippen LogP contribution < -0.4 is 0 Å². The van der Waals surface area contributed by atoms with Gasteiger partial charge in [0.25, 0.3) is 0 Å². The number of carbonyl (C=O) groups excluding carboxylic acids is 3. The van der Waals surface area contributed by atoms with Crippen molar-refractivity contribution in [2.24, 2.45) is 0 Å². The third-order valence-electron chi connectivity index (χ3n) is 4.76. The molecule has 2 aromatic carbocycles. The largest absolute Gasteiger partial charge is 0.295 e. The second-order valence-corrected chi connectivity index (χ2v) is 8.63. The van der Waals surface area contributed by atoms with E-state index < -0.39 is 27.9 Å². The van der Waals surface area contributed by atoms with Crippen molar-refractivity contribution in [3.63, 3.8) is 0 Å². The Bertz CT molecular complexity index is 1030. The molecule has 1 atom stereocenters. The van der Waals surface area contributed by atoms with Gasteiger partial charge in [-0.05, 0) is 24.6 Å². The molecule has 146 valence electrons. The molecule has 8 heteroatoms. The highest BCUT2D eigenvalue weighted by atomic mass is 32.2. The lowest BCUT2D eigenvalue weighted by Crippen LogP contribution is -2.42. The molecule has 0 aromatic heterocycles. The summed E-state index contributed by atoms with van der Waals surface area (Å²) in [5.74, 6) is -1.23. The van der Waals surface area contributed by atoms with E-state index in [4.69, 9.17) is 0 Å². The topological polar surface area (TPSA) is 91.8 Å². The van der Waals surface area contributed by atoms with Crippen LogP contribution in [0.15, 0.2) is 59.5 Å². The average molecular weight is 400 g/mol. The third-order valence-corrected chi connectivity index (χ3v) is 6.62. The molecule has 0 saturated carbocycles. The third kappa shape index (κ3) is 3.74. The number of ketones is 1. The Labute approximate surface area is 163 Å². The molecule has 7 nitrogen and oxygen atoms in total. The van der Waals surface area contributed by atoms with E-state index in [1.165, 1.54) is 38.2 Å². The van der Waals surface area contributed by atoms with E-state index in [0.29, 0.717) is 0 Å². The highest BCUT2D eigenvalue weighted by Crippen LogP contribution is 2.25. The van der Waals surface area contributed by atoms with Crippen molar-refractivity contribution in [2.45, 2.75) is 30.8 Å². The number of carbonyl (C=O) groups is 3. The minimum atomic E-state index is -4.05. The van der Waals surface area contributed by atoms with E-state index in [-0.39, 0.29) is 29.2 Å². The summed E-state index contributed by atoms with van der Waals surface area (Å²) in [7, 11) is -2.77. The molecule has 1 fully saturated rings. The highest BCUT2D eigenvalue weighted by molar-refractivity contribution is 7.89. The molecule has 2 amide bonds. The van der Waals surface area contributed by atoms with Gasteiger partial charge < -0.3 is 0 Å². The van der Waals surface area contributed by atoms with Crippen molar-refractivity contribution in [3.8, 4) is 0 Å². The lowest BCUT2D eigenvalue weighted by atomic mass is 10.2. The zero-order chi connectivity index (χ0) is 20.5. The van der Waals surface area contributed by atoms with Gasteiger partial charge in [0.2, 0.25) is 21.8 Å². The Morgan fingerprint density at radius 3 is 2.43 bits per heavy atom. The molecule has 1 unspecified atom stereocenters. The van der Waals surface area contributed by atoms with Gasteiger partial charge in [-0.3, -0.25) is 19.3 Å². The van der Waals surface area contributed by atoms with E-state index in [1.807, 2.05) is 6.07 Å². The number of nitrogens with zero attached hydrogens (tertiary/aromatic N) is 2. The number of Topliss-reactive ketones (excluding diaryl/α,β-unsaturated/α-hetero) is 1. The Kier molecular flexibility index (Phi) is 5.44. The number of likely N-dealkylation sites (N-methyl/N-ethyl adjacent to an activating group) is 1. The summed E-state index contributed by atoms with van der Waals surface area (Å²) in [5.41, 5.74) is 1.04. The predicted octanol–water partition coefficient (Wildman–Crippen LogP) is 1.84. The summed E-state index contributed by atoms with van der Waals surface area (Å²) in [6, 6.07) is 13.5. The normalized spacial score (nSPS) is 17.4. The van der Waals surface area contributed by atoms with Crippen LogP contribution in [0, 0.1) is 0 Å². The molecule has 1 aliphatic rings. The summed E-state index contributed by atoms with van der Waals surface area (Å²) >= 11 is 0. The van der Waals surface area contributed by atoms with Gasteiger partial charge in [-0.15, -0.1) is 0 Å². The lowest BCUT2D eigenvalue weighted by molar-refractivity contribution is -0.139. The first kappa shape index (κ1) is 19.9. The molecule has 0 bridgehead atoms. The van der Waals surface area contributed by atoms with Crippen LogP contribution in [-0.4, -0.2) is 48.3 Å². The van der Waals surface area contributed by atoms with Crippen molar-refractivity contribution >= 4 is 27.6 Å². The number of imide groups is 1. The summed E-state index contributed by atoms with van der Waals surface area (Å²) in [4.78, 5) is 37.6. The van der Waals surface area contributed by atoms with Crippen LogP contribution in [0.4, 0.5) is 0 Å². The summed E-state index contributed by atoms with van der Waals surface area (Å²) in [6.45, 7) is 1.44. The number of benzene rings is 2. The van der Waals surface area contributed by atoms with Crippen LogP contribution in [0.25, 0.3) is 0 Å². The summed E-state index contributed by atoms with van der Waals surface area (Å²) in [5, 5.41) is 0. The molecule has 2 aromatic rings. The van der Waals surface area contributed by atoms with E-state index in [2.05, 4.69) is 0 Å². The van der Waals surface area contributed by atoms with E-state index in [0.717, 1.165) is 14.8 Å². The van der Waals surface area contributed by atoms with Gasteiger partial charge in [-0.25, -0.2) is 8.42 Å². The van der Waals surface area contributed by atoms with Crippen LogP contribution in [0.5, 0.6) is 0 Å². The SMILES string of the molecule is CC(=O)c1cccc(S(=O)(=O)N(C)C2CC(=O)N(Cc3ccccc3)C2=O)c1. The molecule has 0 radical (unpaired) electrons. The Balaban J connectivity index is 1.85. The number of likely N-dealkylation sites (tertiary alicyclic amines) is 1. The molecule has 0 spiro atoms. The van der Waals surface area contributed by atoms with Crippen molar-refractivity contribution in [3.05, 3.63) is 65.7 Å². The standard InChI is InChI=1S/C20H20N2O5S/c1-14(23)16-9-6-10-17(11-16)28(26,27)21(2)18-12-19(24)22(20(18)25)13-15-7-4-3-5-8-15/h3-11,18H,12-13H2,1-2H3. The van der Waals surface area contributed by atoms with Gasteiger partial charge in [0.15, 0.2) is 5.78 Å². The number of hydrogen-bond acceptors (Lipinski definition) is 5. The molecular formula is C20H20N2O5S. The number of amides is 2. The van der Waals surface area contributed by atoms with E-state index in [9.17, 15) is 22.8 Å². The number of sulfonamides is 1. The second-order valence-electron chi connectivity index (χ2n) is 6.63. The first-order valence-corrected chi connectivity index (χ1v) is 10.1. The molecular weight excluding hydrogens is 380 g/mol. The molecule has 1 heterocycles. The fourth-order valence-corrected chi connectivity index (χ4v) is 4.45. The zero-order valence-corrected chi connectivity index (χ0v) is 16.3. The first-order chi connectivity index (χ1) is 13.2. The maximum absolute atomic E-state index is 12.9. The van der Waals surface area contributed by atoms with Crippen LogP contribution in [0.2, 0.25) is 0 Å². The van der Waals surface area contributed by atoms with E-state index >= 15 is 0 Å². The van der Waals surface area contributed by atoms with Gasteiger partial charge in [0.05, 0.1) is 17.9 Å². The van der Waals surface area contributed by atoms with Gasteiger partial charge in [-0.1, -0.05) is 42.5 Å². The van der Waals surface area contributed by atoms with Gasteiger partial charge in [0, 0.05) is 12.6 Å². The molecule has 0 N–H and O–H groups in total. The van der Waals surface area contributed by atoms with Gasteiger partial charge in [-0.2, -0.15) is 4.31 Å². The molecule has 28 heavy (non-hydrogen) atoms. The number of rotatable bonds is 6. The monoisotopic (exact) mass is 400 g/mol. The summed E-state index contributed by atoms with van der Waals surface area (Å²) < 4.78 is 26.8. The quantitative estimate of drug-likeness (QED) is 0.545. The van der Waals surface area contributed by atoms with Crippen LogP contribution in [0.3, 0.4) is 0 Å². The number of hydrogen-bond donors (Lipinski definition) is 0. The maximum Gasteiger partial charge on any atom is 0.248 e. The first-order valence-electron chi connectivity index (χ1n) is 8.69. The average Bonchev–Trinajstić information content (AvgIpc) is 2.96. The molecule has 0 aliphatic carbocycles. The smallest absolute Gasteiger partial charge is 0.248 e. The Hall–Kier alpha value is -2.84. The fraction of sp³-hybridized carbons (Fsp3) is 0.250. The summed E-state index contributed by atoms with van der Waals surface area (Å²) in [6.07, 6.45) is -0.214. The second kappa shape index (κ2) is 7.65. The van der Waals surface area contributed by atoms with Gasteiger partial charge in [0.1, 0.15) is 6.04 Å². The zero-order valence-electron chi connectivity index (χ0n) is 15.5. The molecule has 1 saturated heterocycles. The van der Waals surface area contributed by atoms with Crippen LogP contribution >= 0.6 is 0 Å². The van der Waals surface area contributed by atoms with Crippen LogP contribution in [-0.2, 0) is 26.2 Å². The lowest BCUT2D eigenvalue weighted by Gasteiger charge is -2.23. The van der Waals surface area contributed by atoms with Crippen molar-refractivity contribution < 1.29 is 22.8 Å². The molecule has 1 aliphatic heterocycles. The van der Waals surface area contributed by atoms with Crippen LogP contribution in [0.1, 0.15) is 29.3 Å². The van der Waals surface area contributed by atoms with Crippen molar-refractivity contribution in [1.82, 2.24) is 9.21 Å². The minimum Gasteiger partial charge on any atom is -0.295 e. The molecule has 3 rings (SSSR count). The maximum atomic E-state index is 12.9. The fourth-order valence-electron chi connectivity index (χ4n) is 3.09. The van der Waals surface area contributed by atoms with Gasteiger partial charge >= 0.3 is 0 Å². The predicted molar refractivity (Wildman–Crippen MR) is 102 cm³/mol. The Morgan fingerprint density at radius 2 is 1.79 bits per heavy atom.